The van der Waals surface area contributed by atoms with Gasteiger partial charge in [-0.1, -0.05) is 6.07 Å². The molecule has 3 rings (SSSR count). The van der Waals surface area contributed by atoms with Gasteiger partial charge < -0.3 is 10.2 Å². The molecule has 0 aliphatic carbocycles. The van der Waals surface area contributed by atoms with Crippen molar-refractivity contribution in [3.63, 3.8) is 0 Å². The summed E-state index contributed by atoms with van der Waals surface area (Å²) in [5.74, 6) is -0.0861. The van der Waals surface area contributed by atoms with Crippen molar-refractivity contribution in [1.29, 1.82) is 0 Å². The van der Waals surface area contributed by atoms with E-state index < -0.39 is 15.8 Å². The van der Waals surface area contributed by atoms with E-state index in [4.69, 9.17) is 0 Å². The third-order valence-electron chi connectivity index (χ3n) is 5.88. The van der Waals surface area contributed by atoms with Gasteiger partial charge in [-0.3, -0.25) is 4.79 Å². The lowest BCUT2D eigenvalue weighted by molar-refractivity contribution is -0.125. The van der Waals surface area contributed by atoms with Crippen molar-refractivity contribution in [2.45, 2.75) is 50.1 Å². The van der Waals surface area contributed by atoms with Crippen LogP contribution in [0.4, 0.5) is 4.39 Å². The summed E-state index contributed by atoms with van der Waals surface area (Å²) in [7, 11) is -1.62. The number of benzene rings is 1. The fourth-order valence-electron chi connectivity index (χ4n) is 4.45. The number of carbonyl (C=O) groups is 1. The summed E-state index contributed by atoms with van der Waals surface area (Å²) in [6, 6.07) is 5.60. The molecule has 2 heterocycles. The number of rotatable bonds is 5. The maximum atomic E-state index is 13.4. The number of halogens is 1. The van der Waals surface area contributed by atoms with Gasteiger partial charge in [0.2, 0.25) is 15.9 Å². The van der Waals surface area contributed by atoms with Crippen molar-refractivity contribution in [3.8, 4) is 0 Å². The molecule has 1 aromatic rings. The Bertz CT molecular complexity index is 807. The van der Waals surface area contributed by atoms with E-state index in [9.17, 15) is 17.6 Å². The summed E-state index contributed by atoms with van der Waals surface area (Å²) >= 11 is 0. The maximum Gasteiger partial charge on any atom is 0.243 e. The van der Waals surface area contributed by atoms with Crippen molar-refractivity contribution in [2.75, 3.05) is 26.7 Å². The Morgan fingerprint density at radius 1 is 1.25 bits per heavy atom. The smallest absolute Gasteiger partial charge is 0.243 e. The van der Waals surface area contributed by atoms with E-state index in [2.05, 4.69) is 10.2 Å². The molecule has 1 amide bonds. The molecule has 156 valence electrons. The van der Waals surface area contributed by atoms with Gasteiger partial charge in [-0.15, -0.1) is 0 Å². The van der Waals surface area contributed by atoms with Crippen LogP contribution >= 0.6 is 0 Å². The Balaban J connectivity index is 1.60. The van der Waals surface area contributed by atoms with Crippen molar-refractivity contribution < 1.29 is 17.6 Å². The SMILES string of the molecule is CC(C)NC(=O)C1CC(C2CCN(S(=O)(=O)c3cccc(F)c3)CC2)N(C)C1. The first-order valence-corrected chi connectivity index (χ1v) is 11.4. The molecular weight excluding hydrogens is 381 g/mol. The summed E-state index contributed by atoms with van der Waals surface area (Å²) in [5.41, 5.74) is 0. The molecule has 0 bridgehead atoms. The predicted molar refractivity (Wildman–Crippen MR) is 106 cm³/mol. The summed E-state index contributed by atoms with van der Waals surface area (Å²) in [4.78, 5) is 14.6. The number of piperidine rings is 1. The zero-order chi connectivity index (χ0) is 20.5. The molecule has 0 spiro atoms. The molecule has 2 atom stereocenters. The zero-order valence-corrected chi connectivity index (χ0v) is 17.6. The summed E-state index contributed by atoms with van der Waals surface area (Å²) in [6.45, 7) is 5.52. The van der Waals surface area contributed by atoms with Gasteiger partial charge in [0.15, 0.2) is 0 Å². The second-order valence-corrected chi connectivity index (χ2v) is 10.2. The lowest BCUT2D eigenvalue weighted by Crippen LogP contribution is -2.43. The molecule has 2 fully saturated rings. The molecule has 0 aromatic heterocycles. The zero-order valence-electron chi connectivity index (χ0n) is 16.8. The van der Waals surface area contributed by atoms with E-state index in [-0.39, 0.29) is 22.8 Å². The van der Waals surface area contributed by atoms with E-state index in [0.29, 0.717) is 25.0 Å². The lowest BCUT2D eigenvalue weighted by atomic mass is 9.87. The van der Waals surface area contributed by atoms with Crippen LogP contribution in [0, 0.1) is 17.7 Å². The molecule has 2 aliphatic rings. The van der Waals surface area contributed by atoms with E-state index in [0.717, 1.165) is 31.9 Å². The van der Waals surface area contributed by atoms with Gasteiger partial charge in [0.05, 0.1) is 10.8 Å². The standard InChI is InChI=1S/C20H30FN3O3S/c1-14(2)22-20(25)16-11-19(23(3)13-16)15-7-9-24(10-8-15)28(26,27)18-6-4-5-17(21)12-18/h4-6,12,14-16,19H,7-11,13H2,1-3H3,(H,22,25). The second-order valence-electron chi connectivity index (χ2n) is 8.30. The van der Waals surface area contributed by atoms with Crippen LogP contribution in [-0.2, 0) is 14.8 Å². The van der Waals surface area contributed by atoms with Gasteiger partial charge >= 0.3 is 0 Å². The van der Waals surface area contributed by atoms with Crippen LogP contribution in [0.15, 0.2) is 29.2 Å². The lowest BCUT2D eigenvalue weighted by Gasteiger charge is -2.36. The molecule has 0 radical (unpaired) electrons. The average molecular weight is 412 g/mol. The quantitative estimate of drug-likeness (QED) is 0.805. The molecule has 2 saturated heterocycles. The van der Waals surface area contributed by atoms with E-state index in [1.807, 2.05) is 20.9 Å². The highest BCUT2D eigenvalue weighted by Crippen LogP contribution is 2.34. The van der Waals surface area contributed by atoms with Crippen molar-refractivity contribution >= 4 is 15.9 Å². The number of hydrogen-bond acceptors (Lipinski definition) is 4. The molecule has 2 unspecified atom stereocenters. The normalized spacial score (nSPS) is 25.3. The Morgan fingerprint density at radius 2 is 1.93 bits per heavy atom. The van der Waals surface area contributed by atoms with Gasteiger partial charge in [0.25, 0.3) is 0 Å². The number of likely N-dealkylation sites (tertiary alicyclic amines) is 1. The Morgan fingerprint density at radius 3 is 2.54 bits per heavy atom. The first-order valence-electron chi connectivity index (χ1n) is 9.95. The van der Waals surface area contributed by atoms with Crippen molar-refractivity contribution in [2.24, 2.45) is 11.8 Å². The van der Waals surface area contributed by atoms with Gasteiger partial charge in [-0.2, -0.15) is 4.31 Å². The first-order chi connectivity index (χ1) is 13.2. The van der Waals surface area contributed by atoms with Gasteiger partial charge in [-0.05, 0) is 64.3 Å². The van der Waals surface area contributed by atoms with Crippen molar-refractivity contribution in [1.82, 2.24) is 14.5 Å². The maximum absolute atomic E-state index is 13.4. The Kier molecular flexibility index (Phi) is 6.41. The third kappa shape index (κ3) is 4.55. The minimum atomic E-state index is -3.67. The molecule has 6 nitrogen and oxygen atoms in total. The summed E-state index contributed by atoms with van der Waals surface area (Å²) in [6.07, 6.45) is 2.32. The van der Waals surface area contributed by atoms with E-state index >= 15 is 0 Å². The van der Waals surface area contributed by atoms with Crippen molar-refractivity contribution in [3.05, 3.63) is 30.1 Å². The molecule has 28 heavy (non-hydrogen) atoms. The van der Waals surface area contributed by atoms with Gasteiger partial charge in [0.1, 0.15) is 5.82 Å². The molecule has 2 aliphatic heterocycles. The minimum Gasteiger partial charge on any atom is -0.354 e. The molecule has 8 heteroatoms. The van der Waals surface area contributed by atoms with Crippen LogP contribution in [0.1, 0.15) is 33.1 Å². The van der Waals surface area contributed by atoms with Crippen LogP contribution in [0.5, 0.6) is 0 Å². The number of sulfonamides is 1. The van der Waals surface area contributed by atoms with Crippen LogP contribution in [0.3, 0.4) is 0 Å². The van der Waals surface area contributed by atoms with Crippen LogP contribution < -0.4 is 5.32 Å². The molecule has 0 saturated carbocycles. The Labute approximate surface area is 167 Å². The second kappa shape index (κ2) is 8.47. The molecule has 1 N–H and O–H groups in total. The number of carbonyl (C=O) groups excluding carboxylic acids is 1. The number of amides is 1. The van der Waals surface area contributed by atoms with Crippen LogP contribution in [0.25, 0.3) is 0 Å². The summed E-state index contributed by atoms with van der Waals surface area (Å²) in [5, 5.41) is 2.99. The number of hydrogen-bond donors (Lipinski definition) is 1. The average Bonchev–Trinajstić information content (AvgIpc) is 3.03. The summed E-state index contributed by atoms with van der Waals surface area (Å²) < 4.78 is 40.4. The van der Waals surface area contributed by atoms with Crippen LogP contribution in [0.2, 0.25) is 0 Å². The fourth-order valence-corrected chi connectivity index (χ4v) is 5.95. The van der Waals surface area contributed by atoms with Gasteiger partial charge in [0, 0.05) is 31.7 Å². The third-order valence-corrected chi connectivity index (χ3v) is 7.77. The number of nitrogens with one attached hydrogen (secondary N) is 1. The molecular formula is C20H30FN3O3S. The van der Waals surface area contributed by atoms with Gasteiger partial charge in [-0.25, -0.2) is 12.8 Å². The largest absolute Gasteiger partial charge is 0.354 e. The Hall–Kier alpha value is -1.51. The molecule has 1 aromatic carbocycles. The highest BCUT2D eigenvalue weighted by Gasteiger charge is 2.40. The first kappa shape index (κ1) is 21.2. The monoisotopic (exact) mass is 411 g/mol. The predicted octanol–water partition coefficient (Wildman–Crippen LogP) is 2.07. The van der Waals surface area contributed by atoms with E-state index in [1.54, 1.807) is 0 Å². The highest BCUT2D eigenvalue weighted by atomic mass is 32.2. The number of nitrogens with zero attached hydrogens (tertiary/aromatic N) is 2. The van der Waals surface area contributed by atoms with E-state index in [1.165, 1.54) is 22.5 Å². The highest BCUT2D eigenvalue weighted by molar-refractivity contribution is 7.89. The fraction of sp³-hybridized carbons (Fsp3) is 0.650. The van der Waals surface area contributed by atoms with Crippen LogP contribution in [-0.4, -0.2) is 62.3 Å². The minimum absolute atomic E-state index is 0.00791. The topological polar surface area (TPSA) is 69.7 Å².